The minimum Gasteiger partial charge on any atom is -0.465 e. The molecule has 4 nitrogen and oxygen atoms in total. The number of H-pyrrole nitrogens is 1. The van der Waals surface area contributed by atoms with E-state index in [9.17, 15) is 4.79 Å². The number of pyridine rings is 1. The number of fused-ring (bicyclic) bond motifs is 3. The molecule has 0 spiro atoms. The molecule has 0 aliphatic carbocycles. The monoisotopic (exact) mass is 346 g/mol. The van der Waals surface area contributed by atoms with E-state index in [1.54, 1.807) is 0 Å². The summed E-state index contributed by atoms with van der Waals surface area (Å²) in [6.07, 6.45) is 1.82. The van der Waals surface area contributed by atoms with E-state index < -0.39 is 0 Å². The Morgan fingerprint density at radius 1 is 1.33 bits per heavy atom. The molecule has 0 saturated heterocycles. The number of methoxy groups -OCH3 is 1. The first-order valence-corrected chi connectivity index (χ1v) is 7.50. The number of carbonyl (C=O) groups excluding carboxylic acids is 1. The second-order valence-corrected chi connectivity index (χ2v) is 6.18. The van der Waals surface area contributed by atoms with E-state index in [-0.39, 0.29) is 11.9 Å². The summed E-state index contributed by atoms with van der Waals surface area (Å²) in [6.45, 7) is 4.03. The van der Waals surface area contributed by atoms with Crippen molar-refractivity contribution < 1.29 is 9.53 Å². The molecule has 1 aromatic carbocycles. The van der Waals surface area contributed by atoms with Gasteiger partial charge in [0.05, 0.1) is 18.3 Å². The molecule has 21 heavy (non-hydrogen) atoms. The number of hydrogen-bond acceptors (Lipinski definition) is 3. The number of ether oxygens (including phenoxy) is 1. The number of esters is 1. The summed E-state index contributed by atoms with van der Waals surface area (Å²) < 4.78 is 5.94. The van der Waals surface area contributed by atoms with Gasteiger partial charge in [0.2, 0.25) is 0 Å². The predicted molar refractivity (Wildman–Crippen MR) is 86.7 cm³/mol. The minimum absolute atomic E-state index is 0.140. The zero-order chi connectivity index (χ0) is 15.1. The van der Waals surface area contributed by atoms with Crippen molar-refractivity contribution in [2.75, 3.05) is 7.11 Å². The van der Waals surface area contributed by atoms with E-state index in [0.29, 0.717) is 5.56 Å². The highest BCUT2D eigenvalue weighted by Crippen LogP contribution is 2.32. The van der Waals surface area contributed by atoms with Gasteiger partial charge in [-0.1, -0.05) is 29.8 Å². The summed E-state index contributed by atoms with van der Waals surface area (Å²) in [5.74, 6) is -0.218. The molecule has 0 bridgehead atoms. The Hall–Kier alpha value is -1.88. The lowest BCUT2D eigenvalue weighted by Gasteiger charge is -2.10. The van der Waals surface area contributed by atoms with Gasteiger partial charge in [0, 0.05) is 27.0 Å². The molecular formula is C16H15BrN2O2. The van der Waals surface area contributed by atoms with Gasteiger partial charge in [-0.05, 0) is 24.1 Å². The maximum absolute atomic E-state index is 12.2. The van der Waals surface area contributed by atoms with Crippen LogP contribution in [0.15, 0.2) is 28.9 Å². The van der Waals surface area contributed by atoms with Gasteiger partial charge in [0.15, 0.2) is 0 Å². The van der Waals surface area contributed by atoms with E-state index in [1.165, 1.54) is 7.11 Å². The zero-order valence-electron chi connectivity index (χ0n) is 12.0. The second kappa shape index (κ2) is 5.15. The van der Waals surface area contributed by atoms with Crippen LogP contribution in [0, 0.1) is 0 Å². The van der Waals surface area contributed by atoms with Gasteiger partial charge in [0.25, 0.3) is 0 Å². The van der Waals surface area contributed by atoms with Gasteiger partial charge in [0.1, 0.15) is 5.56 Å². The fourth-order valence-electron chi connectivity index (χ4n) is 2.59. The Morgan fingerprint density at radius 2 is 2.10 bits per heavy atom. The molecule has 0 atom stereocenters. The summed E-state index contributed by atoms with van der Waals surface area (Å²) in [7, 11) is 1.39. The number of carbonyl (C=O) groups is 1. The van der Waals surface area contributed by atoms with Crippen LogP contribution in [0.2, 0.25) is 0 Å². The number of benzene rings is 1. The van der Waals surface area contributed by atoms with Gasteiger partial charge in [-0.2, -0.15) is 0 Å². The quantitative estimate of drug-likeness (QED) is 0.700. The molecule has 2 aromatic heterocycles. The molecule has 2 heterocycles. The maximum atomic E-state index is 12.2. The van der Waals surface area contributed by atoms with E-state index in [4.69, 9.17) is 4.74 Å². The topological polar surface area (TPSA) is 55.0 Å². The van der Waals surface area contributed by atoms with Crippen LogP contribution in [-0.4, -0.2) is 23.0 Å². The van der Waals surface area contributed by atoms with Crippen LogP contribution >= 0.6 is 15.9 Å². The third-order valence-electron chi connectivity index (χ3n) is 3.58. The maximum Gasteiger partial charge on any atom is 0.341 e. The highest BCUT2D eigenvalue weighted by molar-refractivity contribution is 9.10. The van der Waals surface area contributed by atoms with Gasteiger partial charge < -0.3 is 9.72 Å². The Labute approximate surface area is 130 Å². The summed E-state index contributed by atoms with van der Waals surface area (Å²) >= 11 is 3.48. The standard InChI is InChI=1S/C16H15BrN2O2/c1-8(2)14-13(16(20)21-3)15-11(7-18-14)10-6-9(17)4-5-12(10)19-15/h4-8,19H,1-3H3. The highest BCUT2D eigenvalue weighted by atomic mass is 79.9. The van der Waals surface area contributed by atoms with Crippen LogP contribution in [0.1, 0.15) is 35.8 Å². The Morgan fingerprint density at radius 3 is 2.76 bits per heavy atom. The van der Waals surface area contributed by atoms with E-state index in [2.05, 4.69) is 25.9 Å². The number of rotatable bonds is 2. The molecule has 0 radical (unpaired) electrons. The first-order chi connectivity index (χ1) is 10.0. The summed E-state index contributed by atoms with van der Waals surface area (Å²) in [5, 5.41) is 1.96. The van der Waals surface area contributed by atoms with E-state index >= 15 is 0 Å². The first-order valence-electron chi connectivity index (χ1n) is 6.71. The van der Waals surface area contributed by atoms with Crippen molar-refractivity contribution in [3.63, 3.8) is 0 Å². The number of nitrogens with one attached hydrogen (secondary N) is 1. The lowest BCUT2D eigenvalue weighted by Crippen LogP contribution is -2.09. The van der Waals surface area contributed by atoms with Crippen molar-refractivity contribution >= 4 is 43.7 Å². The predicted octanol–water partition coefficient (Wildman–Crippen LogP) is 4.39. The van der Waals surface area contributed by atoms with Crippen molar-refractivity contribution in [2.24, 2.45) is 0 Å². The van der Waals surface area contributed by atoms with Crippen molar-refractivity contribution in [1.29, 1.82) is 0 Å². The first kappa shape index (κ1) is 14.1. The Balaban J connectivity index is 2.45. The normalized spacial score (nSPS) is 11.5. The van der Waals surface area contributed by atoms with Crippen molar-refractivity contribution in [2.45, 2.75) is 19.8 Å². The number of nitrogens with zero attached hydrogens (tertiary/aromatic N) is 1. The van der Waals surface area contributed by atoms with Crippen LogP contribution in [0.4, 0.5) is 0 Å². The molecule has 0 aliphatic rings. The summed E-state index contributed by atoms with van der Waals surface area (Å²) in [5.41, 5.74) is 3.03. The Kier molecular flexibility index (Phi) is 3.45. The third kappa shape index (κ3) is 2.21. The number of aromatic nitrogens is 2. The molecular weight excluding hydrogens is 332 g/mol. The fourth-order valence-corrected chi connectivity index (χ4v) is 2.95. The molecule has 3 rings (SSSR count). The number of halogens is 1. The van der Waals surface area contributed by atoms with E-state index in [1.807, 2.05) is 38.2 Å². The van der Waals surface area contributed by atoms with Crippen LogP contribution in [0.3, 0.4) is 0 Å². The molecule has 3 aromatic rings. The molecule has 108 valence electrons. The molecule has 0 saturated carbocycles. The minimum atomic E-state index is -0.359. The highest BCUT2D eigenvalue weighted by Gasteiger charge is 2.22. The third-order valence-corrected chi connectivity index (χ3v) is 4.07. The number of hydrogen-bond donors (Lipinski definition) is 1. The average Bonchev–Trinajstić information content (AvgIpc) is 2.83. The number of aromatic amines is 1. The van der Waals surface area contributed by atoms with Crippen LogP contribution in [-0.2, 0) is 4.74 Å². The van der Waals surface area contributed by atoms with Crippen molar-refractivity contribution in [3.05, 3.63) is 40.1 Å². The molecule has 0 unspecified atom stereocenters. The van der Waals surface area contributed by atoms with Gasteiger partial charge in [-0.3, -0.25) is 4.98 Å². The molecule has 0 amide bonds. The van der Waals surface area contributed by atoms with Crippen LogP contribution in [0.5, 0.6) is 0 Å². The Bertz CT molecular complexity index is 852. The SMILES string of the molecule is COC(=O)c1c(C(C)C)ncc2c1[nH]c1ccc(Br)cc12. The lowest BCUT2D eigenvalue weighted by molar-refractivity contribution is 0.0600. The molecule has 0 aliphatic heterocycles. The molecule has 5 heteroatoms. The molecule has 0 fully saturated rings. The van der Waals surface area contributed by atoms with Gasteiger partial charge in [-0.25, -0.2) is 4.79 Å². The largest absolute Gasteiger partial charge is 0.465 e. The van der Waals surface area contributed by atoms with Crippen LogP contribution < -0.4 is 0 Å². The van der Waals surface area contributed by atoms with Crippen molar-refractivity contribution in [1.82, 2.24) is 9.97 Å². The van der Waals surface area contributed by atoms with Crippen molar-refractivity contribution in [3.8, 4) is 0 Å². The van der Waals surface area contributed by atoms with Gasteiger partial charge >= 0.3 is 5.97 Å². The molecule has 1 N–H and O–H groups in total. The zero-order valence-corrected chi connectivity index (χ0v) is 13.6. The summed E-state index contributed by atoms with van der Waals surface area (Å²) in [4.78, 5) is 20.0. The van der Waals surface area contributed by atoms with Crippen LogP contribution in [0.25, 0.3) is 21.8 Å². The average molecular weight is 347 g/mol. The summed E-state index contributed by atoms with van der Waals surface area (Å²) in [6, 6.07) is 5.97. The van der Waals surface area contributed by atoms with Gasteiger partial charge in [-0.15, -0.1) is 0 Å². The lowest BCUT2D eigenvalue weighted by atomic mass is 10.0. The van der Waals surface area contributed by atoms with E-state index in [0.717, 1.165) is 32.0 Å². The fraction of sp³-hybridized carbons (Fsp3) is 0.250. The second-order valence-electron chi connectivity index (χ2n) is 5.27. The smallest absolute Gasteiger partial charge is 0.341 e.